The van der Waals surface area contributed by atoms with Crippen molar-refractivity contribution in [3.63, 3.8) is 0 Å². The van der Waals surface area contributed by atoms with Gasteiger partial charge in [0.25, 0.3) is 5.91 Å². The SMILES string of the molecule is CC(C)=CCCC(C)=CCCC1(C)Oc2c(c(O)cc3c2CN(CCO)C3=O)CC1O. The number of ether oxygens (including phenoxy) is 1. The molecule has 2 atom stereocenters. The Morgan fingerprint density at radius 2 is 2.00 bits per heavy atom. The van der Waals surface area contributed by atoms with Crippen molar-refractivity contribution < 1.29 is 24.9 Å². The number of hydrogen-bond donors (Lipinski definition) is 3. The first-order valence-corrected chi connectivity index (χ1v) is 11.1. The van der Waals surface area contributed by atoms with E-state index in [1.807, 2.05) is 6.92 Å². The number of benzene rings is 1. The summed E-state index contributed by atoms with van der Waals surface area (Å²) in [5, 5.41) is 30.6. The molecule has 0 bridgehead atoms. The second kappa shape index (κ2) is 9.45. The lowest BCUT2D eigenvalue weighted by atomic mass is 9.84. The van der Waals surface area contributed by atoms with E-state index in [-0.39, 0.29) is 31.2 Å². The number of hydrogen-bond acceptors (Lipinski definition) is 5. The monoisotopic (exact) mass is 429 g/mol. The van der Waals surface area contributed by atoms with Gasteiger partial charge in [0, 0.05) is 24.1 Å². The first-order valence-electron chi connectivity index (χ1n) is 11.1. The van der Waals surface area contributed by atoms with E-state index in [0.29, 0.717) is 29.8 Å². The van der Waals surface area contributed by atoms with Crippen LogP contribution < -0.4 is 4.74 Å². The summed E-state index contributed by atoms with van der Waals surface area (Å²) in [6.07, 6.45) is 7.41. The fourth-order valence-corrected chi connectivity index (χ4v) is 4.36. The smallest absolute Gasteiger partial charge is 0.254 e. The molecule has 0 aromatic heterocycles. The van der Waals surface area contributed by atoms with E-state index in [1.165, 1.54) is 17.2 Å². The zero-order chi connectivity index (χ0) is 22.8. The van der Waals surface area contributed by atoms with E-state index < -0.39 is 11.7 Å². The molecular weight excluding hydrogens is 394 g/mol. The number of β-amino-alcohol motifs (C(OH)–C–C–N with tert-alkyl or cyclic N) is 1. The van der Waals surface area contributed by atoms with Gasteiger partial charge in [-0.2, -0.15) is 0 Å². The summed E-state index contributed by atoms with van der Waals surface area (Å²) >= 11 is 0. The normalized spacial score (nSPS) is 22.8. The molecule has 6 nitrogen and oxygen atoms in total. The molecule has 3 rings (SSSR count). The minimum absolute atomic E-state index is 0.0240. The van der Waals surface area contributed by atoms with Crippen LogP contribution in [0, 0.1) is 0 Å². The highest BCUT2D eigenvalue weighted by molar-refractivity contribution is 6.00. The number of carbonyl (C=O) groups excluding carboxylic acids is 1. The van der Waals surface area contributed by atoms with Gasteiger partial charge in [-0.05, 0) is 59.4 Å². The fourth-order valence-electron chi connectivity index (χ4n) is 4.36. The van der Waals surface area contributed by atoms with E-state index in [1.54, 1.807) is 4.90 Å². The molecule has 0 fully saturated rings. The molecule has 0 saturated heterocycles. The lowest BCUT2D eigenvalue weighted by Crippen LogP contribution is -2.49. The maximum atomic E-state index is 12.6. The summed E-state index contributed by atoms with van der Waals surface area (Å²) in [4.78, 5) is 14.2. The van der Waals surface area contributed by atoms with E-state index >= 15 is 0 Å². The molecule has 31 heavy (non-hydrogen) atoms. The Morgan fingerprint density at radius 1 is 1.26 bits per heavy atom. The van der Waals surface area contributed by atoms with E-state index in [4.69, 9.17) is 4.74 Å². The van der Waals surface area contributed by atoms with Crippen LogP contribution in [0.5, 0.6) is 11.5 Å². The van der Waals surface area contributed by atoms with Gasteiger partial charge in [-0.3, -0.25) is 4.79 Å². The molecule has 170 valence electrons. The number of amides is 1. The lowest BCUT2D eigenvalue weighted by Gasteiger charge is -2.40. The third kappa shape index (κ3) is 4.96. The van der Waals surface area contributed by atoms with Crippen LogP contribution in [0.1, 0.15) is 74.9 Å². The predicted molar refractivity (Wildman–Crippen MR) is 120 cm³/mol. The Bertz CT molecular complexity index is 900. The van der Waals surface area contributed by atoms with Crippen LogP contribution in [-0.2, 0) is 13.0 Å². The topological polar surface area (TPSA) is 90.2 Å². The van der Waals surface area contributed by atoms with Crippen LogP contribution >= 0.6 is 0 Å². The van der Waals surface area contributed by atoms with Gasteiger partial charge in [-0.1, -0.05) is 23.3 Å². The zero-order valence-electron chi connectivity index (χ0n) is 19.1. The van der Waals surface area contributed by atoms with Crippen molar-refractivity contribution in [2.45, 2.75) is 78.0 Å². The molecule has 1 amide bonds. The Hall–Kier alpha value is -2.31. The highest BCUT2D eigenvalue weighted by Crippen LogP contribution is 2.46. The van der Waals surface area contributed by atoms with Crippen molar-refractivity contribution in [3.8, 4) is 11.5 Å². The summed E-state index contributed by atoms with van der Waals surface area (Å²) in [6, 6.07) is 1.46. The molecule has 2 aliphatic rings. The third-order valence-electron chi connectivity index (χ3n) is 6.36. The first-order chi connectivity index (χ1) is 14.7. The van der Waals surface area contributed by atoms with Crippen molar-refractivity contribution in [1.29, 1.82) is 0 Å². The van der Waals surface area contributed by atoms with Crippen molar-refractivity contribution >= 4 is 5.91 Å². The van der Waals surface area contributed by atoms with Gasteiger partial charge in [0.15, 0.2) is 0 Å². The third-order valence-corrected chi connectivity index (χ3v) is 6.36. The van der Waals surface area contributed by atoms with Gasteiger partial charge in [-0.15, -0.1) is 0 Å². The van der Waals surface area contributed by atoms with Crippen LogP contribution in [0.3, 0.4) is 0 Å². The molecule has 0 spiro atoms. The average molecular weight is 430 g/mol. The first kappa shape index (κ1) is 23.4. The second-order valence-corrected chi connectivity index (χ2v) is 9.22. The Balaban J connectivity index is 1.77. The van der Waals surface area contributed by atoms with Gasteiger partial charge in [-0.25, -0.2) is 0 Å². The number of aliphatic hydroxyl groups excluding tert-OH is 2. The van der Waals surface area contributed by atoms with Gasteiger partial charge in [0.1, 0.15) is 17.1 Å². The van der Waals surface area contributed by atoms with Gasteiger partial charge < -0.3 is 25.0 Å². The summed E-state index contributed by atoms with van der Waals surface area (Å²) in [6.45, 7) is 8.68. The standard InChI is InChI=1S/C25H35NO5/c1-16(2)7-5-8-17(3)9-6-10-25(4)22(29)14-19-21(28)13-18-20(23(19)31-25)15-26(11-12-27)24(18)30/h7,9,13,22,27-29H,5-6,8,10-12,14-15H2,1-4H3. The molecule has 2 unspecified atom stereocenters. The number of nitrogens with zero attached hydrogens (tertiary/aromatic N) is 1. The zero-order valence-corrected chi connectivity index (χ0v) is 19.1. The largest absolute Gasteiger partial charge is 0.508 e. The Labute approximate surface area is 184 Å². The summed E-state index contributed by atoms with van der Waals surface area (Å²) in [5.41, 5.74) is 3.53. The number of allylic oxidation sites excluding steroid dienone is 4. The number of phenolic OH excluding ortho intramolecular Hbond substituents is 1. The molecule has 0 aliphatic carbocycles. The number of carbonyl (C=O) groups is 1. The number of aliphatic hydroxyl groups is 2. The molecule has 1 aromatic rings. The molecule has 2 aliphatic heterocycles. The van der Waals surface area contributed by atoms with Gasteiger partial charge in [0.2, 0.25) is 0 Å². The highest BCUT2D eigenvalue weighted by Gasteiger charge is 2.44. The second-order valence-electron chi connectivity index (χ2n) is 9.22. The molecular formula is C25H35NO5. The minimum Gasteiger partial charge on any atom is -0.508 e. The quantitative estimate of drug-likeness (QED) is 0.546. The maximum Gasteiger partial charge on any atom is 0.254 e. The van der Waals surface area contributed by atoms with Gasteiger partial charge >= 0.3 is 0 Å². The van der Waals surface area contributed by atoms with Gasteiger partial charge in [0.05, 0.1) is 24.8 Å². The van der Waals surface area contributed by atoms with E-state index in [2.05, 4.69) is 32.9 Å². The number of aromatic hydroxyl groups is 1. The fraction of sp³-hybridized carbons (Fsp3) is 0.560. The summed E-state index contributed by atoms with van der Waals surface area (Å²) in [5.74, 6) is 0.276. The van der Waals surface area contributed by atoms with Crippen LogP contribution in [0.15, 0.2) is 29.4 Å². The van der Waals surface area contributed by atoms with Crippen molar-refractivity contribution in [1.82, 2.24) is 4.90 Å². The molecule has 0 radical (unpaired) electrons. The maximum absolute atomic E-state index is 12.6. The van der Waals surface area contributed by atoms with Crippen LogP contribution in [0.2, 0.25) is 0 Å². The summed E-state index contributed by atoms with van der Waals surface area (Å²) < 4.78 is 6.33. The number of rotatable bonds is 8. The highest BCUT2D eigenvalue weighted by atomic mass is 16.5. The van der Waals surface area contributed by atoms with Crippen molar-refractivity contribution in [2.75, 3.05) is 13.2 Å². The number of fused-ring (bicyclic) bond motifs is 3. The van der Waals surface area contributed by atoms with Crippen LogP contribution in [0.25, 0.3) is 0 Å². The molecule has 3 N–H and O–H groups in total. The summed E-state index contributed by atoms with van der Waals surface area (Å²) in [7, 11) is 0. The Morgan fingerprint density at radius 3 is 2.68 bits per heavy atom. The molecule has 6 heteroatoms. The van der Waals surface area contributed by atoms with Crippen LogP contribution in [0.4, 0.5) is 0 Å². The van der Waals surface area contributed by atoms with Crippen LogP contribution in [-0.4, -0.2) is 51.0 Å². The van der Waals surface area contributed by atoms with Crippen molar-refractivity contribution in [3.05, 3.63) is 46.1 Å². The van der Waals surface area contributed by atoms with E-state index in [0.717, 1.165) is 24.8 Å². The number of phenols is 1. The Kier molecular flexibility index (Phi) is 7.12. The van der Waals surface area contributed by atoms with E-state index in [9.17, 15) is 20.1 Å². The average Bonchev–Trinajstić information content (AvgIpc) is 3.00. The molecule has 1 aromatic carbocycles. The lowest BCUT2D eigenvalue weighted by molar-refractivity contribution is -0.0599. The molecule has 0 saturated carbocycles. The minimum atomic E-state index is -0.807. The van der Waals surface area contributed by atoms with Crippen molar-refractivity contribution in [2.24, 2.45) is 0 Å². The molecule has 2 heterocycles. The predicted octanol–water partition coefficient (Wildman–Crippen LogP) is 3.87.